The molecule has 3 aromatic heterocycles. The number of ether oxygens (including phenoxy) is 1. The predicted molar refractivity (Wildman–Crippen MR) is 120 cm³/mol. The first-order chi connectivity index (χ1) is 16.0. The summed E-state index contributed by atoms with van der Waals surface area (Å²) in [6.07, 6.45) is 6.79. The van der Waals surface area contributed by atoms with Crippen molar-refractivity contribution in [1.29, 1.82) is 0 Å². The first-order valence-electron chi connectivity index (χ1n) is 11.2. The Morgan fingerprint density at radius 2 is 1.91 bits per heavy atom. The number of hydrogen-bond acceptors (Lipinski definition) is 6. The van der Waals surface area contributed by atoms with Crippen LogP contribution >= 0.6 is 0 Å². The lowest BCUT2D eigenvalue weighted by Gasteiger charge is -2.36. The molecule has 2 fully saturated rings. The topological polar surface area (TPSA) is 95.1 Å². The first-order valence-corrected chi connectivity index (χ1v) is 11.2. The Morgan fingerprint density at radius 1 is 1.12 bits per heavy atom. The number of carbonyl (C=O) groups excluding carboxylic acids is 2. The van der Waals surface area contributed by atoms with Gasteiger partial charge in [-0.2, -0.15) is 0 Å². The Bertz CT molecular complexity index is 1380. The predicted octanol–water partition coefficient (Wildman–Crippen LogP) is 2.56. The van der Waals surface area contributed by atoms with E-state index < -0.39 is 5.41 Å². The maximum atomic E-state index is 13.1. The maximum absolute atomic E-state index is 13.1. The van der Waals surface area contributed by atoms with E-state index in [1.807, 2.05) is 40.4 Å². The molecule has 2 aliphatic rings. The standard InChI is InChI=1S/C24H24N6O3/c1-28-14-26-19-10-16(12-25-21(19)28)22(31)29-8-6-24(7-9-29)11-17(33-23(24)32)13-30-15-27-18-4-2-3-5-20(18)30/h2-5,10,12,14-15,17H,6-9,11,13H2,1H3. The van der Waals surface area contributed by atoms with Gasteiger partial charge in [0.05, 0.1) is 41.2 Å². The molecule has 5 heterocycles. The molecule has 9 heteroatoms. The maximum Gasteiger partial charge on any atom is 0.312 e. The number of aromatic nitrogens is 5. The van der Waals surface area contributed by atoms with Gasteiger partial charge in [0.25, 0.3) is 5.91 Å². The fourth-order valence-corrected chi connectivity index (χ4v) is 5.18. The van der Waals surface area contributed by atoms with Crippen LogP contribution in [0.3, 0.4) is 0 Å². The highest BCUT2D eigenvalue weighted by Crippen LogP contribution is 2.43. The summed E-state index contributed by atoms with van der Waals surface area (Å²) in [5.74, 6) is -0.210. The second kappa shape index (κ2) is 7.40. The molecule has 9 nitrogen and oxygen atoms in total. The fourth-order valence-electron chi connectivity index (χ4n) is 5.18. The van der Waals surface area contributed by atoms with E-state index in [9.17, 15) is 9.59 Å². The third-order valence-electron chi connectivity index (χ3n) is 7.06. The number of amides is 1. The molecule has 0 bridgehead atoms. The van der Waals surface area contributed by atoms with Crippen molar-refractivity contribution in [2.75, 3.05) is 13.1 Å². The van der Waals surface area contributed by atoms with Gasteiger partial charge in [0, 0.05) is 32.8 Å². The van der Waals surface area contributed by atoms with Crippen LogP contribution in [0, 0.1) is 5.41 Å². The van der Waals surface area contributed by atoms with Gasteiger partial charge in [-0.25, -0.2) is 15.0 Å². The number of piperidine rings is 1. The lowest BCUT2D eigenvalue weighted by molar-refractivity contribution is -0.150. The van der Waals surface area contributed by atoms with Crippen molar-refractivity contribution in [3.8, 4) is 0 Å². The molecule has 1 aromatic carbocycles. The fraction of sp³-hybridized carbons (Fsp3) is 0.375. The molecule has 1 atom stereocenters. The van der Waals surface area contributed by atoms with Gasteiger partial charge in [-0.05, 0) is 31.0 Å². The van der Waals surface area contributed by atoms with Crippen LogP contribution in [0.1, 0.15) is 29.6 Å². The molecule has 1 spiro atoms. The number of nitrogens with zero attached hydrogens (tertiary/aromatic N) is 6. The number of cyclic esters (lactones) is 1. The number of fused-ring (bicyclic) bond motifs is 2. The average molecular weight is 444 g/mol. The van der Waals surface area contributed by atoms with Crippen LogP contribution < -0.4 is 0 Å². The number of imidazole rings is 2. The quantitative estimate of drug-likeness (QED) is 0.451. The van der Waals surface area contributed by atoms with Crippen molar-refractivity contribution >= 4 is 34.1 Å². The summed E-state index contributed by atoms with van der Waals surface area (Å²) in [5.41, 5.74) is 3.42. The normalized spacial score (nSPS) is 20.1. The minimum Gasteiger partial charge on any atom is -0.460 e. The van der Waals surface area contributed by atoms with Crippen molar-refractivity contribution in [3.05, 3.63) is 54.7 Å². The Morgan fingerprint density at radius 3 is 2.76 bits per heavy atom. The Hall–Kier alpha value is -3.75. The highest BCUT2D eigenvalue weighted by atomic mass is 16.6. The number of likely N-dealkylation sites (tertiary alicyclic amines) is 1. The van der Waals surface area contributed by atoms with Crippen molar-refractivity contribution in [2.45, 2.75) is 31.9 Å². The number of carbonyl (C=O) groups is 2. The molecule has 0 radical (unpaired) electrons. The van der Waals surface area contributed by atoms with Gasteiger partial charge >= 0.3 is 5.97 Å². The number of rotatable bonds is 3. The zero-order valence-electron chi connectivity index (χ0n) is 18.3. The minimum atomic E-state index is -0.513. The van der Waals surface area contributed by atoms with Crippen molar-refractivity contribution in [2.24, 2.45) is 12.5 Å². The van der Waals surface area contributed by atoms with E-state index in [1.165, 1.54) is 0 Å². The molecule has 2 saturated heterocycles. The largest absolute Gasteiger partial charge is 0.460 e. The number of esters is 1. The third kappa shape index (κ3) is 3.26. The smallest absolute Gasteiger partial charge is 0.312 e. The minimum absolute atomic E-state index is 0.0716. The molecule has 0 aliphatic carbocycles. The monoisotopic (exact) mass is 444 g/mol. The number of benzene rings is 1. The summed E-state index contributed by atoms with van der Waals surface area (Å²) >= 11 is 0. The Labute approximate surface area is 190 Å². The van der Waals surface area contributed by atoms with Crippen molar-refractivity contribution < 1.29 is 14.3 Å². The molecular formula is C24H24N6O3. The summed E-state index contributed by atoms with van der Waals surface area (Å²) in [7, 11) is 1.87. The first kappa shape index (κ1) is 19.9. The molecular weight excluding hydrogens is 420 g/mol. The van der Waals surface area contributed by atoms with E-state index in [1.54, 1.807) is 29.8 Å². The second-order valence-electron chi connectivity index (χ2n) is 9.11. The third-order valence-corrected chi connectivity index (χ3v) is 7.06. The molecule has 168 valence electrons. The Kier molecular flexibility index (Phi) is 4.46. The van der Waals surface area contributed by atoms with Gasteiger partial charge in [0.15, 0.2) is 5.65 Å². The lowest BCUT2D eigenvalue weighted by atomic mass is 9.76. The lowest BCUT2D eigenvalue weighted by Crippen LogP contribution is -2.45. The zero-order chi connectivity index (χ0) is 22.6. The van der Waals surface area contributed by atoms with Crippen molar-refractivity contribution in [1.82, 2.24) is 29.0 Å². The van der Waals surface area contributed by atoms with Crippen LogP contribution in [0.4, 0.5) is 0 Å². The SMILES string of the molecule is Cn1cnc2cc(C(=O)N3CCC4(CC3)CC(Cn3cnc5ccccc53)OC4=O)cnc21. The van der Waals surface area contributed by atoms with Gasteiger partial charge < -0.3 is 18.8 Å². The zero-order valence-corrected chi connectivity index (χ0v) is 18.3. The van der Waals surface area contributed by atoms with Gasteiger partial charge in [-0.15, -0.1) is 0 Å². The summed E-state index contributed by atoms with van der Waals surface area (Å²) in [5, 5.41) is 0. The van der Waals surface area contributed by atoms with Crippen LogP contribution in [0.25, 0.3) is 22.2 Å². The molecule has 1 amide bonds. The van der Waals surface area contributed by atoms with Crippen LogP contribution in [0.15, 0.2) is 49.2 Å². The van der Waals surface area contributed by atoms with Crippen LogP contribution in [-0.4, -0.2) is 60.1 Å². The van der Waals surface area contributed by atoms with Gasteiger partial charge in [0.2, 0.25) is 0 Å². The van der Waals surface area contributed by atoms with Gasteiger partial charge in [-0.3, -0.25) is 9.59 Å². The molecule has 0 N–H and O–H groups in total. The van der Waals surface area contributed by atoms with E-state index in [4.69, 9.17) is 4.74 Å². The molecule has 4 aromatic rings. The summed E-state index contributed by atoms with van der Waals surface area (Å²) < 4.78 is 9.67. The van der Waals surface area contributed by atoms with Crippen molar-refractivity contribution in [3.63, 3.8) is 0 Å². The van der Waals surface area contributed by atoms with Gasteiger partial charge in [-0.1, -0.05) is 12.1 Å². The second-order valence-corrected chi connectivity index (χ2v) is 9.11. The van der Waals surface area contributed by atoms with E-state index in [0.717, 1.165) is 16.7 Å². The summed E-state index contributed by atoms with van der Waals surface area (Å²) in [4.78, 5) is 40.8. The number of hydrogen-bond donors (Lipinski definition) is 0. The summed E-state index contributed by atoms with van der Waals surface area (Å²) in [6, 6.07) is 9.72. The van der Waals surface area contributed by atoms with Gasteiger partial charge in [0.1, 0.15) is 11.6 Å². The van der Waals surface area contributed by atoms with E-state index in [2.05, 4.69) is 15.0 Å². The number of pyridine rings is 1. The molecule has 6 rings (SSSR count). The number of para-hydroxylation sites is 2. The molecule has 2 aliphatic heterocycles. The molecule has 1 unspecified atom stereocenters. The molecule has 33 heavy (non-hydrogen) atoms. The average Bonchev–Trinajstić information content (AvgIpc) is 3.50. The highest BCUT2D eigenvalue weighted by molar-refractivity contribution is 5.96. The summed E-state index contributed by atoms with van der Waals surface area (Å²) in [6.45, 7) is 1.64. The molecule has 0 saturated carbocycles. The van der Waals surface area contributed by atoms with Crippen LogP contribution in [0.2, 0.25) is 0 Å². The highest BCUT2D eigenvalue weighted by Gasteiger charge is 2.51. The number of aryl methyl sites for hydroxylation is 1. The van der Waals surface area contributed by atoms with Crippen LogP contribution in [-0.2, 0) is 23.1 Å². The Balaban J connectivity index is 1.13. The van der Waals surface area contributed by atoms with E-state index in [-0.39, 0.29) is 18.0 Å². The van der Waals surface area contributed by atoms with E-state index >= 15 is 0 Å². The van der Waals surface area contributed by atoms with E-state index in [0.29, 0.717) is 50.0 Å². The van der Waals surface area contributed by atoms with Crippen LogP contribution in [0.5, 0.6) is 0 Å².